The Balaban J connectivity index is 1.85. The van der Waals surface area contributed by atoms with Gasteiger partial charge < -0.3 is 4.90 Å². The number of nitrogens with zero attached hydrogens (tertiary/aromatic N) is 2. The van der Waals surface area contributed by atoms with Gasteiger partial charge in [0.15, 0.2) is 0 Å². The summed E-state index contributed by atoms with van der Waals surface area (Å²) in [7, 11) is 0. The second-order valence-corrected chi connectivity index (χ2v) is 4.11. The van der Waals surface area contributed by atoms with E-state index in [1.165, 1.54) is 5.56 Å². The van der Waals surface area contributed by atoms with Crippen LogP contribution < -0.4 is 0 Å². The van der Waals surface area contributed by atoms with Gasteiger partial charge in [-0.15, -0.1) is 0 Å². The predicted molar refractivity (Wildman–Crippen MR) is 66.9 cm³/mol. The highest BCUT2D eigenvalue weighted by Gasteiger charge is 2.13. The van der Waals surface area contributed by atoms with Crippen molar-refractivity contribution in [1.29, 1.82) is 0 Å². The molecule has 0 bridgehead atoms. The summed E-state index contributed by atoms with van der Waals surface area (Å²) in [5, 5.41) is 0. The minimum Gasteiger partial charge on any atom is -0.366 e. The molecule has 0 radical (unpaired) electrons. The van der Waals surface area contributed by atoms with Crippen molar-refractivity contribution >= 4 is 17.7 Å². The fraction of sp³-hybridized carbons (Fsp3) is 0.417. The van der Waals surface area contributed by atoms with E-state index in [1.54, 1.807) is 5.49 Å². The van der Waals surface area contributed by atoms with Crippen molar-refractivity contribution in [2.45, 2.75) is 6.54 Å². The summed E-state index contributed by atoms with van der Waals surface area (Å²) in [6.07, 6.45) is 0. The number of piperazine rings is 1. The lowest BCUT2D eigenvalue weighted by Gasteiger charge is -2.33. The molecule has 1 aliphatic heterocycles. The average Bonchev–Trinajstić information content (AvgIpc) is 2.31. The maximum atomic E-state index is 4.92. The summed E-state index contributed by atoms with van der Waals surface area (Å²) in [5.41, 5.74) is 3.17. The fourth-order valence-corrected chi connectivity index (χ4v) is 2.08. The Labute approximate surface area is 96.5 Å². The molecule has 1 heterocycles. The maximum Gasteiger partial charge on any atom is 0.0641 e. The van der Waals surface area contributed by atoms with Crippen molar-refractivity contribution < 1.29 is 0 Å². The number of hydrogen-bond donors (Lipinski definition) is 0. The topological polar surface area (TPSA) is 6.48 Å². The standard InChI is InChI=1S/C12H16N2S/c15-11-14-8-6-13(7-9-14)10-12-4-2-1-3-5-12/h1-5,11H,6-10H2. The van der Waals surface area contributed by atoms with E-state index in [0.29, 0.717) is 0 Å². The van der Waals surface area contributed by atoms with Gasteiger partial charge in [-0.1, -0.05) is 42.5 Å². The highest BCUT2D eigenvalue weighted by atomic mass is 32.1. The van der Waals surface area contributed by atoms with E-state index in [2.05, 4.69) is 40.1 Å². The third-order valence-corrected chi connectivity index (χ3v) is 3.10. The molecular formula is C12H16N2S. The predicted octanol–water partition coefficient (Wildman–Crippen LogP) is 1.76. The van der Waals surface area contributed by atoms with Crippen LogP contribution in [-0.4, -0.2) is 41.5 Å². The largest absolute Gasteiger partial charge is 0.366 e. The lowest BCUT2D eigenvalue weighted by Crippen LogP contribution is -2.44. The Morgan fingerprint density at radius 2 is 1.73 bits per heavy atom. The van der Waals surface area contributed by atoms with E-state index in [1.807, 2.05) is 0 Å². The maximum absolute atomic E-state index is 4.92. The molecule has 0 amide bonds. The van der Waals surface area contributed by atoms with Gasteiger partial charge in [0, 0.05) is 32.7 Å². The van der Waals surface area contributed by atoms with Crippen molar-refractivity contribution in [2.75, 3.05) is 26.2 Å². The molecule has 0 unspecified atom stereocenters. The molecule has 2 nitrogen and oxygen atoms in total. The molecule has 1 aromatic rings. The Morgan fingerprint density at radius 1 is 1.07 bits per heavy atom. The van der Waals surface area contributed by atoms with Gasteiger partial charge >= 0.3 is 0 Å². The van der Waals surface area contributed by atoms with Gasteiger partial charge in [-0.3, -0.25) is 4.90 Å². The number of thiocarbonyl (C=S) groups is 1. The fourth-order valence-electron chi connectivity index (χ4n) is 1.87. The first-order valence-corrected chi connectivity index (χ1v) is 5.81. The molecular weight excluding hydrogens is 204 g/mol. The first kappa shape index (κ1) is 10.6. The second-order valence-electron chi connectivity index (χ2n) is 3.90. The van der Waals surface area contributed by atoms with Crippen LogP contribution >= 0.6 is 12.2 Å². The van der Waals surface area contributed by atoms with Crippen LogP contribution in [0.15, 0.2) is 30.3 Å². The molecule has 0 saturated carbocycles. The van der Waals surface area contributed by atoms with Crippen LogP contribution in [0.25, 0.3) is 0 Å². The van der Waals surface area contributed by atoms with Gasteiger partial charge in [0.1, 0.15) is 0 Å². The molecule has 2 rings (SSSR count). The summed E-state index contributed by atoms with van der Waals surface area (Å²) in [5.74, 6) is 0. The lowest BCUT2D eigenvalue weighted by molar-refractivity contribution is 0.180. The van der Waals surface area contributed by atoms with Crippen molar-refractivity contribution in [2.24, 2.45) is 0 Å². The summed E-state index contributed by atoms with van der Waals surface area (Å²) < 4.78 is 0. The molecule has 0 N–H and O–H groups in total. The van der Waals surface area contributed by atoms with Gasteiger partial charge in [0.2, 0.25) is 0 Å². The third kappa shape index (κ3) is 3.01. The van der Waals surface area contributed by atoms with Crippen molar-refractivity contribution in [1.82, 2.24) is 9.80 Å². The van der Waals surface area contributed by atoms with Crippen LogP contribution in [0.5, 0.6) is 0 Å². The van der Waals surface area contributed by atoms with Gasteiger partial charge in [-0.25, -0.2) is 0 Å². The first-order chi connectivity index (χ1) is 7.38. The minimum atomic E-state index is 1.06. The molecule has 15 heavy (non-hydrogen) atoms. The van der Waals surface area contributed by atoms with E-state index in [-0.39, 0.29) is 0 Å². The van der Waals surface area contributed by atoms with Gasteiger partial charge in [-0.2, -0.15) is 0 Å². The summed E-state index contributed by atoms with van der Waals surface area (Å²) >= 11 is 4.92. The van der Waals surface area contributed by atoms with Crippen LogP contribution in [0.3, 0.4) is 0 Å². The van der Waals surface area contributed by atoms with Crippen LogP contribution in [0, 0.1) is 0 Å². The highest BCUT2D eigenvalue weighted by Crippen LogP contribution is 2.07. The molecule has 1 saturated heterocycles. The van der Waals surface area contributed by atoms with E-state index in [4.69, 9.17) is 12.2 Å². The summed E-state index contributed by atoms with van der Waals surface area (Å²) in [6.45, 7) is 5.42. The Bertz CT molecular complexity index is 305. The Morgan fingerprint density at radius 3 is 2.33 bits per heavy atom. The Kier molecular flexibility index (Phi) is 3.69. The lowest BCUT2D eigenvalue weighted by atomic mass is 10.2. The molecule has 0 spiro atoms. The summed E-state index contributed by atoms with van der Waals surface area (Å²) in [6, 6.07) is 10.6. The molecule has 1 aromatic carbocycles. The van der Waals surface area contributed by atoms with Gasteiger partial charge in [-0.05, 0) is 5.56 Å². The highest BCUT2D eigenvalue weighted by molar-refractivity contribution is 7.78. The van der Waals surface area contributed by atoms with Crippen LogP contribution in [-0.2, 0) is 6.54 Å². The molecule has 80 valence electrons. The number of benzene rings is 1. The van der Waals surface area contributed by atoms with Gasteiger partial charge in [0.25, 0.3) is 0 Å². The zero-order valence-corrected chi connectivity index (χ0v) is 9.62. The molecule has 3 heteroatoms. The zero-order valence-electron chi connectivity index (χ0n) is 8.80. The normalized spacial score (nSPS) is 17.7. The molecule has 0 aromatic heterocycles. The second kappa shape index (κ2) is 5.24. The number of hydrogen-bond acceptors (Lipinski definition) is 2. The third-order valence-electron chi connectivity index (χ3n) is 2.80. The molecule has 1 aliphatic rings. The van der Waals surface area contributed by atoms with E-state index in [9.17, 15) is 0 Å². The molecule has 0 atom stereocenters. The van der Waals surface area contributed by atoms with E-state index >= 15 is 0 Å². The Hall–Kier alpha value is -0.930. The zero-order chi connectivity index (χ0) is 10.5. The van der Waals surface area contributed by atoms with E-state index < -0.39 is 0 Å². The SMILES string of the molecule is S=CN1CCN(Cc2ccccc2)CC1. The molecule has 0 aliphatic carbocycles. The summed E-state index contributed by atoms with van der Waals surface area (Å²) in [4.78, 5) is 4.68. The monoisotopic (exact) mass is 220 g/mol. The quantitative estimate of drug-likeness (QED) is 0.717. The van der Waals surface area contributed by atoms with Crippen LogP contribution in [0.4, 0.5) is 0 Å². The van der Waals surface area contributed by atoms with Crippen molar-refractivity contribution in [3.05, 3.63) is 35.9 Å². The van der Waals surface area contributed by atoms with Crippen molar-refractivity contribution in [3.8, 4) is 0 Å². The van der Waals surface area contributed by atoms with Crippen LogP contribution in [0.1, 0.15) is 5.56 Å². The average molecular weight is 220 g/mol. The smallest absolute Gasteiger partial charge is 0.0641 e. The molecule has 1 fully saturated rings. The van der Waals surface area contributed by atoms with Gasteiger partial charge in [0.05, 0.1) is 5.49 Å². The van der Waals surface area contributed by atoms with Crippen molar-refractivity contribution in [3.63, 3.8) is 0 Å². The first-order valence-electron chi connectivity index (χ1n) is 5.34. The minimum absolute atomic E-state index is 1.06. The van der Waals surface area contributed by atoms with E-state index in [0.717, 1.165) is 32.7 Å². The van der Waals surface area contributed by atoms with Crippen LogP contribution in [0.2, 0.25) is 0 Å². The number of rotatable bonds is 3.